The summed E-state index contributed by atoms with van der Waals surface area (Å²) < 4.78 is 5.49. The Bertz CT molecular complexity index is 1570. The number of imide groups is 1. The Hall–Kier alpha value is -3.86. The number of benzene rings is 3. The summed E-state index contributed by atoms with van der Waals surface area (Å²) in [6, 6.07) is 17.0. The zero-order valence-electron chi connectivity index (χ0n) is 24.8. The molecule has 10 heteroatoms. The third-order valence-corrected chi connectivity index (χ3v) is 9.89. The Balaban J connectivity index is 1.24. The van der Waals surface area contributed by atoms with Crippen LogP contribution in [0.25, 0.3) is 10.8 Å². The van der Waals surface area contributed by atoms with Crippen molar-refractivity contribution in [2.24, 2.45) is 5.92 Å². The summed E-state index contributed by atoms with van der Waals surface area (Å²) in [4.78, 5) is 38.8. The van der Waals surface area contributed by atoms with Crippen molar-refractivity contribution >= 4 is 28.4 Å². The number of phenolic OH excluding ortho intramolecular Hbond substituents is 2. The van der Waals surface area contributed by atoms with Crippen molar-refractivity contribution in [1.29, 1.82) is 0 Å². The molecule has 0 bridgehead atoms. The van der Waals surface area contributed by atoms with E-state index in [-0.39, 0.29) is 35.4 Å². The molecule has 4 saturated heterocycles. The number of fused-ring (bicyclic) bond motifs is 1. The first kappa shape index (κ1) is 27.9. The minimum atomic E-state index is -0.937. The fraction of sp³-hybridized carbons (Fsp3) is 0.455. The minimum Gasteiger partial charge on any atom is -0.504 e. The van der Waals surface area contributed by atoms with Gasteiger partial charge >= 0.3 is 6.03 Å². The monoisotopic (exact) mass is 585 g/mol. The molecule has 3 amide bonds. The van der Waals surface area contributed by atoms with Gasteiger partial charge in [0, 0.05) is 76.9 Å². The van der Waals surface area contributed by atoms with Crippen molar-refractivity contribution < 1.29 is 24.5 Å². The van der Waals surface area contributed by atoms with Gasteiger partial charge in [-0.15, -0.1) is 0 Å². The quantitative estimate of drug-likeness (QED) is 0.322. The summed E-state index contributed by atoms with van der Waals surface area (Å²) in [6.07, 6.45) is 0.706. The molecule has 0 aromatic heterocycles. The second-order valence-corrected chi connectivity index (χ2v) is 12.5. The first-order valence-corrected chi connectivity index (χ1v) is 15.2. The van der Waals surface area contributed by atoms with Gasteiger partial charge < -0.3 is 24.7 Å². The van der Waals surface area contributed by atoms with Crippen LogP contribution in [-0.2, 0) is 16.1 Å². The third kappa shape index (κ3) is 4.51. The molecule has 43 heavy (non-hydrogen) atoms. The number of carbonyl (C=O) groups excluding carboxylic acids is 2. The van der Waals surface area contributed by atoms with E-state index in [2.05, 4.69) is 39.0 Å². The molecule has 4 aliphatic rings. The summed E-state index contributed by atoms with van der Waals surface area (Å²) in [7, 11) is 4.07. The number of aromatic hydroxyl groups is 2. The molecule has 2 N–H and O–H groups in total. The van der Waals surface area contributed by atoms with Crippen molar-refractivity contribution in [2.75, 3.05) is 71.5 Å². The summed E-state index contributed by atoms with van der Waals surface area (Å²) in [5.41, 5.74) is 2.11. The average Bonchev–Trinajstić information content (AvgIpc) is 3.58. The number of nitrogens with zero attached hydrogens (tertiary/aromatic N) is 5. The van der Waals surface area contributed by atoms with Crippen molar-refractivity contribution in [3.05, 3.63) is 65.7 Å². The molecule has 0 unspecified atom stereocenters. The number of likely N-dealkylation sites (tertiary alicyclic amines) is 1. The number of carbonyl (C=O) groups is 2. The van der Waals surface area contributed by atoms with Gasteiger partial charge in [0.25, 0.3) is 5.91 Å². The van der Waals surface area contributed by atoms with Gasteiger partial charge in [-0.25, -0.2) is 4.79 Å². The van der Waals surface area contributed by atoms with E-state index < -0.39 is 5.54 Å². The Morgan fingerprint density at radius 2 is 1.70 bits per heavy atom. The Kier molecular flexibility index (Phi) is 6.95. The molecule has 7 rings (SSSR count). The van der Waals surface area contributed by atoms with E-state index in [0.717, 1.165) is 40.7 Å². The lowest BCUT2D eigenvalue weighted by Crippen LogP contribution is -2.51. The van der Waals surface area contributed by atoms with Crippen LogP contribution in [0.5, 0.6) is 11.5 Å². The number of hydrogen-bond donors (Lipinski definition) is 2. The number of anilines is 1. The SMILES string of the molecule is CN(C)c1ccc([C@H]2C[C@@H]3CN(Cc4ccc(O)c(O)c4)C[C@@]34C(=O)N(CCN3CCOCC3)C(=O)N24)c2ccccc12. The van der Waals surface area contributed by atoms with Gasteiger partial charge in [-0.1, -0.05) is 36.4 Å². The fourth-order valence-electron chi connectivity index (χ4n) is 7.85. The largest absolute Gasteiger partial charge is 0.504 e. The number of ether oxygens (including phenoxy) is 1. The Labute approximate surface area is 251 Å². The van der Waals surface area contributed by atoms with Crippen LogP contribution in [0.15, 0.2) is 54.6 Å². The molecule has 4 fully saturated rings. The second-order valence-electron chi connectivity index (χ2n) is 12.5. The molecule has 4 aliphatic heterocycles. The number of rotatable bonds is 7. The van der Waals surface area contributed by atoms with Crippen molar-refractivity contribution in [1.82, 2.24) is 19.6 Å². The van der Waals surface area contributed by atoms with E-state index in [1.165, 1.54) is 11.0 Å². The van der Waals surface area contributed by atoms with Crippen LogP contribution >= 0.6 is 0 Å². The van der Waals surface area contributed by atoms with Crippen LogP contribution in [0, 0.1) is 5.92 Å². The van der Waals surface area contributed by atoms with Crippen LogP contribution < -0.4 is 4.90 Å². The fourth-order valence-corrected chi connectivity index (χ4v) is 7.85. The molecule has 10 nitrogen and oxygen atoms in total. The molecule has 3 aromatic carbocycles. The van der Waals surface area contributed by atoms with Crippen LogP contribution in [-0.4, -0.2) is 114 Å². The Morgan fingerprint density at radius 1 is 0.930 bits per heavy atom. The number of hydrogen-bond acceptors (Lipinski definition) is 8. The van der Waals surface area contributed by atoms with Gasteiger partial charge in [-0.2, -0.15) is 0 Å². The van der Waals surface area contributed by atoms with Gasteiger partial charge in [-0.05, 0) is 41.1 Å². The van der Waals surface area contributed by atoms with Gasteiger partial charge in [0.05, 0.1) is 19.3 Å². The highest BCUT2D eigenvalue weighted by Gasteiger charge is 2.70. The maximum atomic E-state index is 14.5. The number of amides is 3. The lowest BCUT2D eigenvalue weighted by molar-refractivity contribution is -0.133. The van der Waals surface area contributed by atoms with Crippen molar-refractivity contribution in [2.45, 2.75) is 24.5 Å². The zero-order chi connectivity index (χ0) is 29.9. The number of morpholine rings is 1. The summed E-state index contributed by atoms with van der Waals surface area (Å²) in [5, 5.41) is 22.1. The maximum absolute atomic E-state index is 14.5. The predicted molar refractivity (Wildman–Crippen MR) is 163 cm³/mol. The highest BCUT2D eigenvalue weighted by molar-refractivity contribution is 6.09. The van der Waals surface area contributed by atoms with E-state index in [0.29, 0.717) is 52.4 Å². The molecule has 226 valence electrons. The molecule has 0 aliphatic carbocycles. The van der Waals surface area contributed by atoms with E-state index in [1.54, 1.807) is 12.1 Å². The normalized spacial score (nSPS) is 26.0. The predicted octanol–water partition coefficient (Wildman–Crippen LogP) is 3.23. The van der Waals surface area contributed by atoms with Gasteiger partial charge in [0.2, 0.25) is 0 Å². The third-order valence-electron chi connectivity index (χ3n) is 9.89. The molecule has 1 spiro atoms. The molecule has 4 heterocycles. The van der Waals surface area contributed by atoms with E-state index in [1.807, 2.05) is 31.1 Å². The van der Waals surface area contributed by atoms with Crippen LogP contribution in [0.4, 0.5) is 10.5 Å². The van der Waals surface area contributed by atoms with E-state index in [9.17, 15) is 19.8 Å². The summed E-state index contributed by atoms with van der Waals surface area (Å²) in [6.45, 7) is 5.54. The standard InChI is InChI=1S/C33H39N5O5/c1-34(2)27-9-8-26(24-5-3-4-6-25(24)27)28-18-23-20-36(19-22-7-10-29(39)30(40)17-22)21-33(23)31(41)37(32(42)38(28)33)12-11-35-13-15-43-16-14-35/h3-10,17,23,28,39-40H,11-16,18-21H2,1-2H3/t23-,28-,33+/m1/s1. The lowest BCUT2D eigenvalue weighted by Gasteiger charge is -2.32. The molecule has 0 saturated carbocycles. The highest BCUT2D eigenvalue weighted by atomic mass is 16.5. The van der Waals surface area contributed by atoms with Crippen LogP contribution in [0.1, 0.15) is 23.6 Å². The van der Waals surface area contributed by atoms with Crippen molar-refractivity contribution in [3.63, 3.8) is 0 Å². The van der Waals surface area contributed by atoms with Gasteiger partial charge in [0.15, 0.2) is 11.5 Å². The van der Waals surface area contributed by atoms with Gasteiger partial charge in [-0.3, -0.25) is 19.5 Å². The molecular formula is C33H39N5O5. The smallest absolute Gasteiger partial charge is 0.328 e. The topological polar surface area (TPSA) is 100 Å². The minimum absolute atomic E-state index is 0.0275. The first-order chi connectivity index (χ1) is 20.8. The molecule has 3 atom stereocenters. The molecule has 0 radical (unpaired) electrons. The van der Waals surface area contributed by atoms with Gasteiger partial charge in [0.1, 0.15) is 5.54 Å². The first-order valence-electron chi connectivity index (χ1n) is 15.2. The van der Waals surface area contributed by atoms with E-state index in [4.69, 9.17) is 4.74 Å². The number of phenols is 2. The van der Waals surface area contributed by atoms with E-state index >= 15 is 0 Å². The summed E-state index contributed by atoms with van der Waals surface area (Å²) in [5.74, 6) is -0.440. The summed E-state index contributed by atoms with van der Waals surface area (Å²) >= 11 is 0. The number of urea groups is 1. The van der Waals surface area contributed by atoms with Crippen LogP contribution in [0.3, 0.4) is 0 Å². The molecular weight excluding hydrogens is 546 g/mol. The highest BCUT2D eigenvalue weighted by Crippen LogP contribution is 2.56. The lowest BCUT2D eigenvalue weighted by atomic mass is 9.87. The second kappa shape index (κ2) is 10.7. The zero-order valence-corrected chi connectivity index (χ0v) is 24.8. The Morgan fingerprint density at radius 3 is 2.44 bits per heavy atom. The maximum Gasteiger partial charge on any atom is 0.328 e. The van der Waals surface area contributed by atoms with Crippen molar-refractivity contribution in [3.8, 4) is 11.5 Å². The molecule has 3 aromatic rings. The average molecular weight is 586 g/mol. The van der Waals surface area contributed by atoms with Crippen LogP contribution in [0.2, 0.25) is 0 Å².